The Hall–Kier alpha value is -2.07. The normalized spacial score (nSPS) is 12.4. The van der Waals surface area contributed by atoms with Gasteiger partial charge in [0, 0.05) is 6.54 Å². The van der Waals surface area contributed by atoms with E-state index in [1.165, 1.54) is 0 Å². The molecule has 1 amide bonds. The molecule has 1 aromatic rings. The van der Waals surface area contributed by atoms with Crippen LogP contribution in [0.5, 0.6) is 0 Å². The van der Waals surface area contributed by atoms with Crippen molar-refractivity contribution < 1.29 is 27.9 Å². The summed E-state index contributed by atoms with van der Waals surface area (Å²) in [4.78, 5) is 22.3. The first kappa shape index (κ1) is 18.0. The summed E-state index contributed by atoms with van der Waals surface area (Å²) in [6.45, 7) is 0.0593. The molecule has 0 spiro atoms. The molecule has 1 rings (SSSR count). The predicted molar refractivity (Wildman–Crippen MR) is 81.3 cm³/mol. The van der Waals surface area contributed by atoms with Crippen LogP contribution in [0.4, 0.5) is 4.79 Å². The molecule has 0 heterocycles. The fourth-order valence-corrected chi connectivity index (χ4v) is 2.32. The maximum absolute atomic E-state index is 11.4. The van der Waals surface area contributed by atoms with Crippen LogP contribution in [0.2, 0.25) is 0 Å². The van der Waals surface area contributed by atoms with Gasteiger partial charge in [-0.1, -0.05) is 30.3 Å². The van der Waals surface area contributed by atoms with Gasteiger partial charge in [-0.15, -0.1) is 0 Å². The van der Waals surface area contributed by atoms with Crippen molar-refractivity contribution in [3.63, 3.8) is 0 Å². The Morgan fingerprint density at radius 3 is 2.45 bits per heavy atom. The van der Waals surface area contributed by atoms with Crippen LogP contribution in [0.1, 0.15) is 12.0 Å². The summed E-state index contributed by atoms with van der Waals surface area (Å²) >= 11 is 0. The van der Waals surface area contributed by atoms with E-state index in [0.717, 1.165) is 12.7 Å². The molecule has 8 nitrogen and oxygen atoms in total. The average molecular weight is 328 g/mol. The number of rotatable bonds is 8. The Morgan fingerprint density at radius 1 is 1.27 bits per heavy atom. The van der Waals surface area contributed by atoms with Crippen molar-refractivity contribution in [1.29, 1.82) is 0 Å². The van der Waals surface area contributed by atoms with Gasteiger partial charge in [0.2, 0.25) is 0 Å². The minimum atomic E-state index is -3.64. The van der Waals surface area contributed by atoms with Gasteiger partial charge in [-0.25, -0.2) is 17.9 Å². The van der Waals surface area contributed by atoms with Crippen LogP contribution in [0, 0.1) is 0 Å². The number of ether oxygens (including phenoxy) is 1. The third-order valence-corrected chi connectivity index (χ3v) is 3.28. The highest BCUT2D eigenvalue weighted by Gasteiger charge is 2.21. The van der Waals surface area contributed by atoms with Crippen LogP contribution in [0.3, 0.4) is 0 Å². The highest BCUT2D eigenvalue weighted by Crippen LogP contribution is 2.00. The van der Waals surface area contributed by atoms with E-state index >= 15 is 0 Å². The number of alkyl carbamates (subject to hydrolysis) is 1. The van der Waals surface area contributed by atoms with Crippen molar-refractivity contribution in [2.45, 2.75) is 19.1 Å². The lowest BCUT2D eigenvalue weighted by Gasteiger charge is -2.13. The second-order valence-corrected chi connectivity index (χ2v) is 6.34. The third-order valence-electron chi connectivity index (χ3n) is 2.57. The molecule has 0 aromatic heterocycles. The first-order valence-electron chi connectivity index (χ1n) is 6.42. The maximum Gasteiger partial charge on any atom is 0.407 e. The van der Waals surface area contributed by atoms with Crippen molar-refractivity contribution in [3.05, 3.63) is 35.9 Å². The van der Waals surface area contributed by atoms with Crippen LogP contribution in [0.15, 0.2) is 30.3 Å². The molecular weight excluding hydrogens is 311 g/mol. The van der Waals surface area contributed by atoms with E-state index in [0.29, 0.717) is 0 Å². The van der Waals surface area contributed by atoms with Crippen LogP contribution in [-0.4, -0.2) is 45.3 Å². The number of aliphatic carboxylic acids is 1. The number of nitrogens with one attached hydrogen (secondary N) is 2. The lowest BCUT2D eigenvalue weighted by Crippen LogP contribution is -2.43. The van der Waals surface area contributed by atoms with Crippen molar-refractivity contribution in [2.24, 2.45) is 0 Å². The minimum absolute atomic E-state index is 0.0346. The van der Waals surface area contributed by atoms with Gasteiger partial charge in [-0.2, -0.15) is 0 Å². The van der Waals surface area contributed by atoms with Gasteiger partial charge in [0.25, 0.3) is 7.12 Å². The summed E-state index contributed by atoms with van der Waals surface area (Å²) in [5.41, 5.74) is 0.819. The summed E-state index contributed by atoms with van der Waals surface area (Å²) in [7, 11) is -2.77. The van der Waals surface area contributed by atoms with Crippen LogP contribution in [0.25, 0.3) is 0 Å². The van der Waals surface area contributed by atoms with Gasteiger partial charge in [-0.3, -0.25) is 4.79 Å². The number of carbonyl (C=O) groups is 2. The number of hydrogen-bond acceptors (Lipinski definition) is 5. The van der Waals surface area contributed by atoms with Crippen LogP contribution >= 0.6 is 0 Å². The molecule has 0 fully saturated rings. The number of carboxylic acids is 1. The van der Waals surface area contributed by atoms with E-state index in [1.807, 2.05) is 22.9 Å². The first-order chi connectivity index (χ1) is 10.3. The van der Waals surface area contributed by atoms with Crippen molar-refractivity contribution in [2.75, 3.05) is 6.54 Å². The topological polar surface area (TPSA) is 122 Å². The average Bonchev–Trinajstić information content (AvgIpc) is 2.44. The molecule has 1 aromatic carbocycles. The van der Waals surface area contributed by atoms with E-state index in [4.69, 9.17) is 9.84 Å². The Labute approximate surface area is 129 Å². The molecule has 1 atom stereocenters. The molecular formula is C12H17BN2O6S. The zero-order valence-corrected chi connectivity index (χ0v) is 12.8. The second-order valence-electron chi connectivity index (χ2n) is 4.56. The minimum Gasteiger partial charge on any atom is -0.480 e. The van der Waals surface area contributed by atoms with Gasteiger partial charge in [0.1, 0.15) is 12.6 Å². The number of benzene rings is 1. The van der Waals surface area contributed by atoms with Crippen molar-refractivity contribution in [1.82, 2.24) is 10.0 Å². The molecule has 0 aliphatic carbocycles. The molecule has 0 unspecified atom stereocenters. The van der Waals surface area contributed by atoms with E-state index in [-0.39, 0.29) is 19.6 Å². The number of amides is 1. The van der Waals surface area contributed by atoms with Gasteiger partial charge < -0.3 is 15.2 Å². The molecule has 0 saturated carbocycles. The number of carbonyl (C=O) groups excluding carboxylic acids is 1. The Morgan fingerprint density at radius 2 is 1.91 bits per heavy atom. The maximum atomic E-state index is 11.4. The Balaban J connectivity index is 2.32. The first-order valence-corrected chi connectivity index (χ1v) is 8.32. The molecule has 0 aliphatic heterocycles. The second kappa shape index (κ2) is 8.40. The van der Waals surface area contributed by atoms with Crippen LogP contribution in [-0.2, 0) is 26.0 Å². The molecule has 120 valence electrons. The van der Waals surface area contributed by atoms with Crippen molar-refractivity contribution >= 4 is 29.1 Å². The van der Waals surface area contributed by atoms with Gasteiger partial charge in [-0.05, 0) is 12.0 Å². The quantitative estimate of drug-likeness (QED) is 0.538. The largest absolute Gasteiger partial charge is 0.480 e. The fraction of sp³-hybridized carbons (Fsp3) is 0.333. The zero-order valence-electron chi connectivity index (χ0n) is 12.0. The van der Waals surface area contributed by atoms with E-state index in [9.17, 15) is 18.0 Å². The molecule has 10 heteroatoms. The smallest absolute Gasteiger partial charge is 0.407 e. The fourth-order valence-electron chi connectivity index (χ4n) is 1.58. The summed E-state index contributed by atoms with van der Waals surface area (Å²) in [5, 5.41) is 11.2. The SMILES string of the molecule is BS(=O)(=O)N[C@H](CCNC(=O)OCc1ccccc1)C(=O)O. The molecule has 3 N–H and O–H groups in total. The summed E-state index contributed by atoms with van der Waals surface area (Å²) in [6.07, 6.45) is -0.796. The van der Waals surface area contributed by atoms with E-state index in [1.54, 1.807) is 12.1 Å². The molecule has 0 saturated heterocycles. The number of hydrogen-bond donors (Lipinski definition) is 3. The Bertz CT molecular complexity index is 607. The highest BCUT2D eigenvalue weighted by atomic mass is 32.2. The van der Waals surface area contributed by atoms with Gasteiger partial charge in [0.05, 0.1) is 0 Å². The monoisotopic (exact) mass is 328 g/mol. The zero-order chi connectivity index (χ0) is 16.6. The van der Waals surface area contributed by atoms with Gasteiger partial charge >= 0.3 is 12.1 Å². The van der Waals surface area contributed by atoms with Crippen molar-refractivity contribution in [3.8, 4) is 0 Å². The predicted octanol–water partition coefficient (Wildman–Crippen LogP) is -0.776. The summed E-state index contributed by atoms with van der Waals surface area (Å²) < 4.78 is 28.9. The lowest BCUT2D eigenvalue weighted by molar-refractivity contribution is -0.139. The Kier molecular flexibility index (Phi) is 6.86. The highest BCUT2D eigenvalue weighted by molar-refractivity contribution is 8.10. The molecule has 0 bridgehead atoms. The van der Waals surface area contributed by atoms with E-state index < -0.39 is 28.0 Å². The van der Waals surface area contributed by atoms with Gasteiger partial charge in [0.15, 0.2) is 9.87 Å². The lowest BCUT2D eigenvalue weighted by atomic mass is 10.2. The standard InChI is InChI=1S/C12H17BN2O6S/c13-22(19,20)15-10(11(16)17)6-7-14-12(18)21-8-9-4-2-1-3-5-9/h1-5,10,15H,6-8,13H2,(H,14,18)(H,16,17)/t10-/m1/s1. The van der Waals surface area contributed by atoms with E-state index in [2.05, 4.69) is 5.32 Å². The van der Waals surface area contributed by atoms with Crippen LogP contribution < -0.4 is 10.0 Å². The molecule has 0 aliphatic rings. The molecule has 0 radical (unpaired) electrons. The molecule has 22 heavy (non-hydrogen) atoms. The summed E-state index contributed by atoms with van der Waals surface area (Å²) in [5.74, 6) is -1.31. The summed E-state index contributed by atoms with van der Waals surface area (Å²) in [6, 6.07) is 7.75. The number of carboxylic acid groups (broad SMARTS) is 1. The third kappa shape index (κ3) is 7.65.